The van der Waals surface area contributed by atoms with Gasteiger partial charge in [-0.05, 0) is 46.7 Å². The third-order valence-electron chi connectivity index (χ3n) is 5.02. The van der Waals surface area contributed by atoms with Gasteiger partial charge >= 0.3 is 0 Å². The van der Waals surface area contributed by atoms with E-state index in [2.05, 4.69) is 0 Å². The summed E-state index contributed by atoms with van der Waals surface area (Å²) >= 11 is 1.78. The average Bonchev–Trinajstić information content (AvgIpc) is 2.67. The van der Waals surface area contributed by atoms with Crippen molar-refractivity contribution >= 4 is 28.3 Å². The fraction of sp³-hybridized carbons (Fsp3) is 0.444. The number of aliphatic hydroxyl groups is 1. The summed E-state index contributed by atoms with van der Waals surface area (Å²) in [7, 11) is 2.61. The first-order chi connectivity index (χ1) is 13.0. The highest BCUT2D eigenvalue weighted by Crippen LogP contribution is 2.50. The van der Waals surface area contributed by atoms with Gasteiger partial charge in [-0.3, -0.25) is 20.2 Å². The number of nitro benzene ring substituents is 1. The number of ether oxygens (including phenoxy) is 2. The number of halogens is 1. The van der Waals surface area contributed by atoms with Crippen molar-refractivity contribution < 1.29 is 24.4 Å². The summed E-state index contributed by atoms with van der Waals surface area (Å²) in [5.74, 6) is -0.605. The first-order valence-electron chi connectivity index (χ1n) is 8.32. The number of hydrogen-bond donors (Lipinski definition) is 1. The van der Waals surface area contributed by atoms with Gasteiger partial charge in [0, 0.05) is 26.4 Å². The molecule has 10 heteroatoms. The van der Waals surface area contributed by atoms with Gasteiger partial charge in [-0.25, -0.2) is 0 Å². The molecule has 0 amide bonds. The van der Waals surface area contributed by atoms with E-state index >= 15 is 0 Å². The smallest absolute Gasteiger partial charge is 0.291 e. The lowest BCUT2D eigenvalue weighted by molar-refractivity contribution is -0.437. The highest BCUT2D eigenvalue weighted by molar-refractivity contribution is 14.1. The van der Waals surface area contributed by atoms with Crippen LogP contribution in [0.15, 0.2) is 48.2 Å². The maximum absolute atomic E-state index is 11.8. The summed E-state index contributed by atoms with van der Waals surface area (Å²) < 4.78 is 9.52. The molecule has 28 heavy (non-hydrogen) atoms. The molecule has 152 valence electrons. The standard InChI is InChI=1S/C18H21IN2O7/c1-12(2)18(22,13-7-5-6-8-14(13)20(23)24)16(27-3)9-10-17(19,28-4)15(11-16)21(25)26/h5-12,22H,1-4H3/t16?,17-,18+/m1/s1. The summed E-state index contributed by atoms with van der Waals surface area (Å²) in [5, 5.41) is 35.1. The largest absolute Gasteiger partial charge is 0.381 e. The van der Waals surface area contributed by atoms with Crippen molar-refractivity contribution in [3.63, 3.8) is 0 Å². The van der Waals surface area contributed by atoms with Crippen LogP contribution in [0.5, 0.6) is 0 Å². The van der Waals surface area contributed by atoms with E-state index in [4.69, 9.17) is 9.47 Å². The van der Waals surface area contributed by atoms with Gasteiger partial charge in [0.1, 0.15) is 11.2 Å². The Hall–Kier alpha value is -1.89. The molecule has 0 aromatic heterocycles. The van der Waals surface area contributed by atoms with Crippen LogP contribution in [0.2, 0.25) is 0 Å². The van der Waals surface area contributed by atoms with Crippen molar-refractivity contribution in [1.29, 1.82) is 0 Å². The van der Waals surface area contributed by atoms with E-state index < -0.39 is 30.6 Å². The van der Waals surface area contributed by atoms with Gasteiger partial charge in [0.2, 0.25) is 3.61 Å². The first kappa shape index (κ1) is 22.4. The maximum Gasteiger partial charge on any atom is 0.291 e. The summed E-state index contributed by atoms with van der Waals surface area (Å²) in [4.78, 5) is 22.1. The van der Waals surface area contributed by atoms with E-state index in [-0.39, 0.29) is 16.9 Å². The monoisotopic (exact) mass is 504 g/mol. The van der Waals surface area contributed by atoms with Gasteiger partial charge in [0.15, 0.2) is 0 Å². The quantitative estimate of drug-likeness (QED) is 0.199. The Kier molecular flexibility index (Phi) is 6.28. The average molecular weight is 504 g/mol. The van der Waals surface area contributed by atoms with Crippen LogP contribution in [-0.2, 0) is 15.1 Å². The topological polar surface area (TPSA) is 125 Å². The van der Waals surface area contributed by atoms with Crippen LogP contribution in [0.3, 0.4) is 0 Å². The van der Waals surface area contributed by atoms with Crippen molar-refractivity contribution in [2.45, 2.75) is 28.7 Å². The second kappa shape index (κ2) is 7.85. The van der Waals surface area contributed by atoms with E-state index in [0.717, 1.165) is 0 Å². The lowest BCUT2D eigenvalue weighted by atomic mass is 9.68. The second-order valence-electron chi connectivity index (χ2n) is 6.66. The molecule has 0 heterocycles. The fourth-order valence-electron chi connectivity index (χ4n) is 3.46. The first-order valence-corrected chi connectivity index (χ1v) is 9.40. The minimum atomic E-state index is -1.98. The molecule has 0 spiro atoms. The molecule has 2 rings (SSSR count). The number of alkyl halides is 1. The van der Waals surface area contributed by atoms with Crippen LogP contribution in [0, 0.1) is 26.1 Å². The second-order valence-corrected chi connectivity index (χ2v) is 8.26. The molecule has 0 radical (unpaired) electrons. The Morgan fingerprint density at radius 3 is 2.18 bits per heavy atom. The van der Waals surface area contributed by atoms with Crippen molar-refractivity contribution in [3.8, 4) is 0 Å². The van der Waals surface area contributed by atoms with E-state index in [9.17, 15) is 25.3 Å². The van der Waals surface area contributed by atoms with Crippen LogP contribution >= 0.6 is 22.6 Å². The Balaban J connectivity index is 2.86. The SMILES string of the molecule is COC1([C@@](O)(c2ccccc2[N+](=O)[O-])C(C)C)C=C[C@@](I)(OC)C([N+](=O)[O-])=C1. The molecule has 1 unspecified atom stereocenters. The molecule has 1 aliphatic rings. The zero-order valence-corrected chi connectivity index (χ0v) is 17.9. The minimum absolute atomic E-state index is 0.00109. The molecule has 3 atom stereocenters. The highest BCUT2D eigenvalue weighted by Gasteiger charge is 2.59. The van der Waals surface area contributed by atoms with Gasteiger partial charge in [0.25, 0.3) is 11.4 Å². The van der Waals surface area contributed by atoms with Crippen molar-refractivity contribution in [1.82, 2.24) is 0 Å². The minimum Gasteiger partial charge on any atom is -0.381 e. The van der Waals surface area contributed by atoms with E-state index in [1.807, 2.05) is 0 Å². The summed E-state index contributed by atoms with van der Waals surface area (Å²) in [5.41, 5.74) is -4.37. The van der Waals surface area contributed by atoms with E-state index in [1.165, 1.54) is 50.6 Å². The van der Waals surface area contributed by atoms with Crippen molar-refractivity contribution in [2.75, 3.05) is 14.2 Å². The number of benzene rings is 1. The van der Waals surface area contributed by atoms with Crippen molar-refractivity contribution in [3.05, 3.63) is 74.0 Å². The number of rotatable bonds is 7. The van der Waals surface area contributed by atoms with E-state index in [0.29, 0.717) is 0 Å². The van der Waals surface area contributed by atoms with Gasteiger partial charge in [0.05, 0.1) is 15.4 Å². The predicted molar refractivity (Wildman–Crippen MR) is 110 cm³/mol. The molecule has 0 saturated heterocycles. The van der Waals surface area contributed by atoms with Gasteiger partial charge < -0.3 is 14.6 Å². The van der Waals surface area contributed by atoms with Crippen LogP contribution < -0.4 is 0 Å². The number of hydrogen-bond acceptors (Lipinski definition) is 7. The molecule has 1 aliphatic carbocycles. The van der Waals surface area contributed by atoms with Crippen LogP contribution in [0.1, 0.15) is 19.4 Å². The van der Waals surface area contributed by atoms with Crippen LogP contribution in [0.25, 0.3) is 0 Å². The van der Waals surface area contributed by atoms with Crippen LogP contribution in [-0.4, -0.2) is 38.4 Å². The Labute approximate surface area is 175 Å². The summed E-state index contributed by atoms with van der Waals surface area (Å²) in [6, 6.07) is 5.74. The van der Waals surface area contributed by atoms with Crippen molar-refractivity contribution in [2.24, 2.45) is 5.92 Å². The summed E-state index contributed by atoms with van der Waals surface area (Å²) in [6.45, 7) is 3.32. The molecular weight excluding hydrogens is 483 g/mol. The number of methoxy groups -OCH3 is 2. The number of nitro groups is 2. The third-order valence-corrected chi connectivity index (χ3v) is 6.37. The normalized spacial score (nSPS) is 26.6. The molecule has 1 N–H and O–H groups in total. The molecule has 0 aliphatic heterocycles. The third kappa shape index (κ3) is 3.34. The predicted octanol–water partition coefficient (Wildman–Crippen LogP) is 3.33. The maximum atomic E-state index is 11.8. The molecular formula is C18H21IN2O7. The lowest BCUT2D eigenvalue weighted by Gasteiger charge is -2.47. The van der Waals surface area contributed by atoms with Crippen LogP contribution in [0.4, 0.5) is 5.69 Å². The Morgan fingerprint density at radius 1 is 1.11 bits per heavy atom. The molecule has 9 nitrogen and oxygen atoms in total. The fourth-order valence-corrected chi connectivity index (χ4v) is 4.00. The highest BCUT2D eigenvalue weighted by atomic mass is 127. The van der Waals surface area contributed by atoms with E-state index in [1.54, 1.807) is 42.5 Å². The number of para-hydroxylation sites is 1. The lowest BCUT2D eigenvalue weighted by Crippen LogP contribution is -2.56. The summed E-state index contributed by atoms with van der Waals surface area (Å²) in [6.07, 6.45) is 4.03. The Morgan fingerprint density at radius 2 is 1.71 bits per heavy atom. The molecule has 1 aromatic carbocycles. The zero-order valence-electron chi connectivity index (χ0n) is 15.8. The Bertz CT molecular complexity index is 856. The van der Waals surface area contributed by atoms with Gasteiger partial charge in [-0.1, -0.05) is 26.0 Å². The molecule has 1 aromatic rings. The molecule has 0 fully saturated rings. The molecule has 0 bridgehead atoms. The molecule has 0 saturated carbocycles. The van der Waals surface area contributed by atoms with Gasteiger partial charge in [-0.15, -0.1) is 0 Å². The zero-order chi connectivity index (χ0) is 21.3. The van der Waals surface area contributed by atoms with Gasteiger partial charge in [-0.2, -0.15) is 0 Å². The number of nitrogens with zero attached hydrogens (tertiary/aromatic N) is 2.